The maximum absolute atomic E-state index is 12.9. The van der Waals surface area contributed by atoms with E-state index in [1.54, 1.807) is 19.1 Å². The van der Waals surface area contributed by atoms with Crippen LogP contribution in [0.5, 0.6) is 0 Å². The number of carbonyl (C=O) groups excluding carboxylic acids is 2. The van der Waals surface area contributed by atoms with E-state index >= 15 is 0 Å². The number of nitrogens with two attached hydrogens (primary N) is 1. The SMILES string of the molecule is CC(CN)C(=O)NCCNC(=O)Cc1cccc(F)c1. The van der Waals surface area contributed by atoms with Gasteiger partial charge in [-0.1, -0.05) is 19.1 Å². The minimum atomic E-state index is -0.363. The lowest BCUT2D eigenvalue weighted by Crippen LogP contribution is -2.39. The third-order valence-electron chi connectivity index (χ3n) is 2.80. The lowest BCUT2D eigenvalue weighted by molar-refractivity contribution is -0.124. The smallest absolute Gasteiger partial charge is 0.224 e. The highest BCUT2D eigenvalue weighted by atomic mass is 19.1. The van der Waals surface area contributed by atoms with Crippen LogP contribution in [0.2, 0.25) is 0 Å². The van der Waals surface area contributed by atoms with Crippen LogP contribution in [0, 0.1) is 11.7 Å². The van der Waals surface area contributed by atoms with E-state index in [0.29, 0.717) is 18.7 Å². The summed E-state index contributed by atoms with van der Waals surface area (Å²) in [6, 6.07) is 5.90. The first-order valence-electron chi connectivity index (χ1n) is 6.52. The summed E-state index contributed by atoms with van der Waals surface area (Å²) in [6.07, 6.45) is 0.116. The maximum Gasteiger partial charge on any atom is 0.224 e. The molecule has 0 fully saturated rings. The number of carbonyl (C=O) groups is 2. The number of benzene rings is 1. The zero-order valence-corrected chi connectivity index (χ0v) is 11.5. The number of halogens is 1. The van der Waals surface area contributed by atoms with Gasteiger partial charge in [-0.05, 0) is 17.7 Å². The van der Waals surface area contributed by atoms with E-state index in [0.717, 1.165) is 0 Å². The van der Waals surface area contributed by atoms with Crippen LogP contribution in [0.4, 0.5) is 4.39 Å². The van der Waals surface area contributed by atoms with Crippen molar-refractivity contribution in [3.8, 4) is 0 Å². The van der Waals surface area contributed by atoms with Gasteiger partial charge in [-0.25, -0.2) is 4.39 Å². The molecule has 0 aliphatic heterocycles. The van der Waals surface area contributed by atoms with Gasteiger partial charge in [0.2, 0.25) is 11.8 Å². The highest BCUT2D eigenvalue weighted by Gasteiger charge is 2.09. The molecule has 1 rings (SSSR count). The first-order chi connectivity index (χ1) is 9.52. The molecule has 0 heterocycles. The van der Waals surface area contributed by atoms with Crippen molar-refractivity contribution in [1.82, 2.24) is 10.6 Å². The number of hydrogen-bond donors (Lipinski definition) is 3. The molecule has 20 heavy (non-hydrogen) atoms. The van der Waals surface area contributed by atoms with Crippen LogP contribution in [0.1, 0.15) is 12.5 Å². The zero-order chi connectivity index (χ0) is 15.0. The molecule has 0 aliphatic carbocycles. The fourth-order valence-corrected chi connectivity index (χ4v) is 1.56. The Kier molecular flexibility index (Phi) is 6.66. The fourth-order valence-electron chi connectivity index (χ4n) is 1.56. The fraction of sp³-hybridized carbons (Fsp3) is 0.429. The molecule has 6 heteroatoms. The van der Waals surface area contributed by atoms with E-state index in [1.165, 1.54) is 12.1 Å². The second-order valence-electron chi connectivity index (χ2n) is 4.58. The molecule has 1 atom stereocenters. The van der Waals surface area contributed by atoms with Crippen molar-refractivity contribution < 1.29 is 14.0 Å². The Labute approximate surface area is 117 Å². The minimum Gasteiger partial charge on any atom is -0.354 e. The van der Waals surface area contributed by atoms with Crippen molar-refractivity contribution in [2.45, 2.75) is 13.3 Å². The first kappa shape index (κ1) is 16.1. The molecular weight excluding hydrogens is 261 g/mol. The second kappa shape index (κ2) is 8.27. The maximum atomic E-state index is 12.9. The summed E-state index contributed by atoms with van der Waals surface area (Å²) in [5.74, 6) is -0.945. The molecular formula is C14H20FN3O2. The third kappa shape index (κ3) is 5.79. The Morgan fingerprint density at radius 2 is 2.00 bits per heavy atom. The predicted octanol–water partition coefficient (Wildman–Crippen LogP) is 0.195. The molecule has 2 amide bonds. The summed E-state index contributed by atoms with van der Waals surface area (Å²) in [4.78, 5) is 23.0. The molecule has 0 radical (unpaired) electrons. The lowest BCUT2D eigenvalue weighted by atomic mass is 10.1. The largest absolute Gasteiger partial charge is 0.354 e. The summed E-state index contributed by atoms with van der Waals surface area (Å²) >= 11 is 0. The third-order valence-corrected chi connectivity index (χ3v) is 2.80. The van der Waals surface area contributed by atoms with Gasteiger partial charge >= 0.3 is 0 Å². The first-order valence-corrected chi connectivity index (χ1v) is 6.52. The Bertz CT molecular complexity index is 465. The molecule has 0 saturated heterocycles. The average molecular weight is 281 g/mol. The van der Waals surface area contributed by atoms with Gasteiger partial charge in [0, 0.05) is 25.6 Å². The van der Waals surface area contributed by atoms with Gasteiger partial charge in [-0.3, -0.25) is 9.59 Å². The minimum absolute atomic E-state index is 0.116. The van der Waals surface area contributed by atoms with Crippen LogP contribution < -0.4 is 16.4 Å². The van der Waals surface area contributed by atoms with Crippen molar-refractivity contribution in [2.75, 3.05) is 19.6 Å². The summed E-state index contributed by atoms with van der Waals surface area (Å²) in [5.41, 5.74) is 5.98. The summed E-state index contributed by atoms with van der Waals surface area (Å²) in [7, 11) is 0. The molecule has 0 saturated carbocycles. The average Bonchev–Trinajstić information content (AvgIpc) is 2.42. The summed E-state index contributed by atoms with van der Waals surface area (Å²) in [6.45, 7) is 2.70. The molecule has 0 aliphatic rings. The predicted molar refractivity (Wildman–Crippen MR) is 74.3 cm³/mol. The van der Waals surface area contributed by atoms with Gasteiger partial charge in [0.1, 0.15) is 5.82 Å². The normalized spacial score (nSPS) is 11.8. The van der Waals surface area contributed by atoms with Crippen molar-refractivity contribution in [2.24, 2.45) is 11.7 Å². The molecule has 0 bridgehead atoms. The molecule has 1 aromatic rings. The summed E-state index contributed by atoms with van der Waals surface area (Å²) in [5, 5.41) is 5.32. The molecule has 5 nitrogen and oxygen atoms in total. The van der Waals surface area contributed by atoms with Crippen molar-refractivity contribution in [1.29, 1.82) is 0 Å². The zero-order valence-electron chi connectivity index (χ0n) is 11.5. The highest BCUT2D eigenvalue weighted by Crippen LogP contribution is 2.03. The van der Waals surface area contributed by atoms with Crippen molar-refractivity contribution in [3.05, 3.63) is 35.6 Å². The number of hydrogen-bond acceptors (Lipinski definition) is 3. The number of amides is 2. The van der Waals surface area contributed by atoms with E-state index < -0.39 is 0 Å². The van der Waals surface area contributed by atoms with Gasteiger partial charge in [-0.15, -0.1) is 0 Å². The van der Waals surface area contributed by atoms with Crippen molar-refractivity contribution >= 4 is 11.8 Å². The molecule has 4 N–H and O–H groups in total. The molecule has 110 valence electrons. The summed E-state index contributed by atoms with van der Waals surface area (Å²) < 4.78 is 12.9. The molecule has 1 unspecified atom stereocenters. The van der Waals surface area contributed by atoms with E-state index in [9.17, 15) is 14.0 Å². The van der Waals surface area contributed by atoms with E-state index in [2.05, 4.69) is 10.6 Å². The van der Waals surface area contributed by atoms with E-state index in [1.807, 2.05) is 0 Å². The van der Waals surface area contributed by atoms with Gasteiger partial charge in [0.15, 0.2) is 0 Å². The Morgan fingerprint density at radius 3 is 2.65 bits per heavy atom. The van der Waals surface area contributed by atoms with E-state index in [-0.39, 0.29) is 36.5 Å². The Hall–Kier alpha value is -1.95. The molecule has 1 aromatic carbocycles. The van der Waals surface area contributed by atoms with Gasteiger partial charge < -0.3 is 16.4 Å². The van der Waals surface area contributed by atoms with Crippen LogP contribution in [0.15, 0.2) is 24.3 Å². The monoisotopic (exact) mass is 281 g/mol. The van der Waals surface area contributed by atoms with Crippen molar-refractivity contribution in [3.63, 3.8) is 0 Å². The molecule has 0 aromatic heterocycles. The Morgan fingerprint density at radius 1 is 1.30 bits per heavy atom. The van der Waals surface area contributed by atoms with Crippen LogP contribution in [0.25, 0.3) is 0 Å². The lowest BCUT2D eigenvalue weighted by Gasteiger charge is -2.10. The number of nitrogens with one attached hydrogen (secondary N) is 2. The standard InChI is InChI=1S/C14H20FN3O2/c1-10(9-16)14(20)18-6-5-17-13(19)8-11-3-2-4-12(15)7-11/h2-4,7,10H,5-6,8-9,16H2,1H3,(H,17,19)(H,18,20). The van der Waals surface area contributed by atoms with Gasteiger partial charge in [-0.2, -0.15) is 0 Å². The Balaban J connectivity index is 2.22. The topological polar surface area (TPSA) is 84.2 Å². The highest BCUT2D eigenvalue weighted by molar-refractivity contribution is 5.79. The molecule has 0 spiro atoms. The van der Waals surface area contributed by atoms with Crippen LogP contribution >= 0.6 is 0 Å². The van der Waals surface area contributed by atoms with E-state index in [4.69, 9.17) is 5.73 Å². The second-order valence-corrected chi connectivity index (χ2v) is 4.58. The van der Waals surface area contributed by atoms with Crippen LogP contribution in [-0.4, -0.2) is 31.4 Å². The quantitative estimate of drug-likeness (QED) is 0.624. The van der Waals surface area contributed by atoms with Gasteiger partial charge in [0.25, 0.3) is 0 Å². The van der Waals surface area contributed by atoms with Crippen LogP contribution in [-0.2, 0) is 16.0 Å². The van der Waals surface area contributed by atoms with Crippen LogP contribution in [0.3, 0.4) is 0 Å². The van der Waals surface area contributed by atoms with Gasteiger partial charge in [0.05, 0.1) is 6.42 Å². The number of rotatable bonds is 7.